The van der Waals surface area contributed by atoms with Crippen molar-refractivity contribution >= 4 is 11.8 Å². The molecule has 0 saturated carbocycles. The van der Waals surface area contributed by atoms with Crippen LogP contribution >= 0.6 is 11.8 Å². The van der Waals surface area contributed by atoms with E-state index in [-0.39, 0.29) is 6.61 Å². The molecule has 1 rings (SSSR count). The maximum absolute atomic E-state index is 8.53. The Labute approximate surface area is 95.7 Å². The van der Waals surface area contributed by atoms with E-state index in [4.69, 9.17) is 9.84 Å². The SMILES string of the molecule is Cc1ccc(SCCOCCO)c(C)c1. The fraction of sp³-hybridized carbons (Fsp3) is 0.500. The van der Waals surface area contributed by atoms with Gasteiger partial charge in [0.2, 0.25) is 0 Å². The lowest BCUT2D eigenvalue weighted by Gasteiger charge is -2.06. The zero-order valence-corrected chi connectivity index (χ0v) is 10.1. The Morgan fingerprint density at radius 1 is 1.27 bits per heavy atom. The Hall–Kier alpha value is -0.510. The summed E-state index contributed by atoms with van der Waals surface area (Å²) in [5.41, 5.74) is 2.62. The molecule has 0 saturated heterocycles. The molecular formula is C12H18O2S. The van der Waals surface area contributed by atoms with E-state index in [0.717, 1.165) is 5.75 Å². The van der Waals surface area contributed by atoms with Gasteiger partial charge in [0, 0.05) is 10.6 Å². The molecule has 0 aliphatic carbocycles. The highest BCUT2D eigenvalue weighted by molar-refractivity contribution is 7.99. The third kappa shape index (κ3) is 4.69. The van der Waals surface area contributed by atoms with Crippen LogP contribution in [0.2, 0.25) is 0 Å². The molecule has 0 amide bonds. The number of benzene rings is 1. The molecule has 0 radical (unpaired) electrons. The van der Waals surface area contributed by atoms with Gasteiger partial charge in [-0.2, -0.15) is 0 Å². The molecule has 84 valence electrons. The fourth-order valence-corrected chi connectivity index (χ4v) is 2.21. The van der Waals surface area contributed by atoms with Crippen LogP contribution < -0.4 is 0 Å². The van der Waals surface area contributed by atoms with Gasteiger partial charge in [0.15, 0.2) is 0 Å². The first-order valence-electron chi connectivity index (χ1n) is 5.12. The lowest BCUT2D eigenvalue weighted by Crippen LogP contribution is -2.02. The lowest BCUT2D eigenvalue weighted by atomic mass is 10.2. The summed E-state index contributed by atoms with van der Waals surface area (Å²) >= 11 is 1.80. The largest absolute Gasteiger partial charge is 0.394 e. The highest BCUT2D eigenvalue weighted by atomic mass is 32.2. The van der Waals surface area contributed by atoms with E-state index < -0.39 is 0 Å². The van der Waals surface area contributed by atoms with Crippen LogP contribution in [0.5, 0.6) is 0 Å². The minimum absolute atomic E-state index is 0.105. The summed E-state index contributed by atoms with van der Waals surface area (Å²) in [6.07, 6.45) is 0. The minimum atomic E-state index is 0.105. The molecular weight excluding hydrogens is 208 g/mol. The number of thioether (sulfide) groups is 1. The molecule has 1 aromatic rings. The van der Waals surface area contributed by atoms with Crippen LogP contribution in [0.4, 0.5) is 0 Å². The van der Waals surface area contributed by atoms with Gasteiger partial charge in [0.1, 0.15) is 0 Å². The number of hydrogen-bond donors (Lipinski definition) is 1. The van der Waals surface area contributed by atoms with E-state index in [2.05, 4.69) is 32.0 Å². The second kappa shape index (κ2) is 6.88. The molecule has 0 aromatic heterocycles. The summed E-state index contributed by atoms with van der Waals surface area (Å²) in [6.45, 7) is 5.47. The second-order valence-corrected chi connectivity index (χ2v) is 4.59. The number of aliphatic hydroxyl groups is 1. The van der Waals surface area contributed by atoms with Gasteiger partial charge < -0.3 is 9.84 Å². The number of aliphatic hydroxyl groups excluding tert-OH is 1. The summed E-state index contributed by atoms with van der Waals surface area (Å²) in [5, 5.41) is 8.53. The molecule has 0 bridgehead atoms. The van der Waals surface area contributed by atoms with Gasteiger partial charge in [-0.1, -0.05) is 17.7 Å². The van der Waals surface area contributed by atoms with Crippen LogP contribution in [0.1, 0.15) is 11.1 Å². The van der Waals surface area contributed by atoms with Gasteiger partial charge in [-0.05, 0) is 25.5 Å². The van der Waals surface area contributed by atoms with Crippen molar-refractivity contribution < 1.29 is 9.84 Å². The van der Waals surface area contributed by atoms with E-state index in [1.165, 1.54) is 16.0 Å². The first kappa shape index (κ1) is 12.6. The predicted molar refractivity (Wildman–Crippen MR) is 64.5 cm³/mol. The molecule has 0 fully saturated rings. The second-order valence-electron chi connectivity index (χ2n) is 3.45. The van der Waals surface area contributed by atoms with E-state index in [9.17, 15) is 0 Å². The summed E-state index contributed by atoms with van der Waals surface area (Å²) < 4.78 is 5.20. The summed E-state index contributed by atoms with van der Waals surface area (Å²) in [4.78, 5) is 1.31. The topological polar surface area (TPSA) is 29.5 Å². The Morgan fingerprint density at radius 3 is 2.73 bits per heavy atom. The molecule has 0 aliphatic rings. The molecule has 0 unspecified atom stereocenters. The van der Waals surface area contributed by atoms with Crippen molar-refractivity contribution in [2.45, 2.75) is 18.7 Å². The van der Waals surface area contributed by atoms with Gasteiger partial charge in [-0.15, -0.1) is 11.8 Å². The van der Waals surface area contributed by atoms with E-state index >= 15 is 0 Å². The molecule has 0 atom stereocenters. The Kier molecular flexibility index (Phi) is 5.76. The van der Waals surface area contributed by atoms with Gasteiger partial charge >= 0.3 is 0 Å². The first-order valence-corrected chi connectivity index (χ1v) is 6.11. The normalized spacial score (nSPS) is 10.6. The van der Waals surface area contributed by atoms with Crippen molar-refractivity contribution in [3.05, 3.63) is 29.3 Å². The van der Waals surface area contributed by atoms with Gasteiger partial charge in [-0.25, -0.2) is 0 Å². The fourth-order valence-electron chi connectivity index (χ4n) is 1.34. The molecule has 2 nitrogen and oxygen atoms in total. The lowest BCUT2D eigenvalue weighted by molar-refractivity contribution is 0.103. The van der Waals surface area contributed by atoms with Crippen LogP contribution in [-0.4, -0.2) is 30.7 Å². The van der Waals surface area contributed by atoms with Gasteiger partial charge in [-0.3, -0.25) is 0 Å². The highest BCUT2D eigenvalue weighted by Crippen LogP contribution is 2.22. The van der Waals surface area contributed by atoms with Crippen molar-refractivity contribution in [3.8, 4) is 0 Å². The Bertz CT molecular complexity index is 300. The highest BCUT2D eigenvalue weighted by Gasteiger charge is 1.98. The molecule has 0 spiro atoms. The Morgan fingerprint density at radius 2 is 2.07 bits per heavy atom. The van der Waals surface area contributed by atoms with Crippen molar-refractivity contribution in [2.24, 2.45) is 0 Å². The average molecular weight is 226 g/mol. The first-order chi connectivity index (χ1) is 7.24. The van der Waals surface area contributed by atoms with Crippen LogP contribution in [0.25, 0.3) is 0 Å². The van der Waals surface area contributed by atoms with Crippen molar-refractivity contribution in [1.82, 2.24) is 0 Å². The van der Waals surface area contributed by atoms with Crippen molar-refractivity contribution in [1.29, 1.82) is 0 Å². The predicted octanol–water partition coefficient (Wildman–Crippen LogP) is 2.40. The van der Waals surface area contributed by atoms with Crippen LogP contribution in [0, 0.1) is 13.8 Å². The summed E-state index contributed by atoms with van der Waals surface area (Å²) in [7, 11) is 0. The van der Waals surface area contributed by atoms with Crippen LogP contribution in [0.3, 0.4) is 0 Å². The quantitative estimate of drug-likeness (QED) is 0.596. The smallest absolute Gasteiger partial charge is 0.0698 e. The molecule has 0 heterocycles. The molecule has 0 aliphatic heterocycles. The van der Waals surface area contributed by atoms with Crippen molar-refractivity contribution in [2.75, 3.05) is 25.6 Å². The standard InChI is InChI=1S/C12H18O2S/c1-10-3-4-12(11(2)9-10)15-8-7-14-6-5-13/h3-4,9,13H,5-8H2,1-2H3. The molecule has 3 heteroatoms. The Balaban J connectivity index is 2.31. The number of rotatable bonds is 6. The van der Waals surface area contributed by atoms with Gasteiger partial charge in [0.25, 0.3) is 0 Å². The maximum atomic E-state index is 8.53. The third-order valence-electron chi connectivity index (χ3n) is 2.05. The molecule has 1 aromatic carbocycles. The zero-order valence-electron chi connectivity index (χ0n) is 9.32. The monoisotopic (exact) mass is 226 g/mol. The van der Waals surface area contributed by atoms with E-state index in [1.54, 1.807) is 11.8 Å². The molecule has 1 N–H and O–H groups in total. The maximum Gasteiger partial charge on any atom is 0.0698 e. The van der Waals surface area contributed by atoms with Crippen LogP contribution in [-0.2, 0) is 4.74 Å². The van der Waals surface area contributed by atoms with E-state index in [1.807, 2.05) is 0 Å². The van der Waals surface area contributed by atoms with Crippen molar-refractivity contribution in [3.63, 3.8) is 0 Å². The summed E-state index contributed by atoms with van der Waals surface area (Å²) in [5.74, 6) is 0.934. The van der Waals surface area contributed by atoms with Crippen LogP contribution in [0.15, 0.2) is 23.1 Å². The number of ether oxygens (including phenoxy) is 1. The van der Waals surface area contributed by atoms with E-state index in [0.29, 0.717) is 13.2 Å². The zero-order chi connectivity index (χ0) is 11.1. The number of hydrogen-bond acceptors (Lipinski definition) is 3. The third-order valence-corrected chi connectivity index (χ3v) is 3.19. The number of aryl methyl sites for hydroxylation is 2. The minimum Gasteiger partial charge on any atom is -0.394 e. The molecule has 15 heavy (non-hydrogen) atoms. The van der Waals surface area contributed by atoms with Gasteiger partial charge in [0.05, 0.1) is 19.8 Å². The average Bonchev–Trinajstić information content (AvgIpc) is 2.20. The summed E-state index contributed by atoms with van der Waals surface area (Å²) in [6, 6.07) is 6.47.